The first-order valence-electron chi connectivity index (χ1n) is 5.43. The van der Waals surface area contributed by atoms with Crippen molar-refractivity contribution in [2.45, 2.75) is 17.9 Å². The van der Waals surface area contributed by atoms with Crippen LogP contribution in [-0.4, -0.2) is 48.6 Å². The third-order valence-corrected chi connectivity index (χ3v) is 4.79. The second-order valence-corrected chi connectivity index (χ2v) is 6.08. The highest BCUT2D eigenvalue weighted by Gasteiger charge is 2.29. The molecule has 106 valence electrons. The number of anilines is 1. The Bertz CT molecular complexity index is 585. The first-order valence-corrected chi connectivity index (χ1v) is 6.87. The van der Waals surface area contributed by atoms with Crippen molar-refractivity contribution in [3.8, 4) is 0 Å². The van der Waals surface area contributed by atoms with Gasteiger partial charge < -0.3 is 15.9 Å². The lowest BCUT2D eigenvalue weighted by atomic mass is 10.2. The summed E-state index contributed by atoms with van der Waals surface area (Å²) in [7, 11) is -2.77. The Morgan fingerprint density at radius 3 is 2.53 bits per heavy atom. The molecule has 0 saturated carbocycles. The molecule has 0 fully saturated rings. The number of hydrogen-bond donors (Lipinski definition) is 3. The molecule has 0 aromatic heterocycles. The Hall–Kier alpha value is -1.64. The summed E-state index contributed by atoms with van der Waals surface area (Å²) in [5.41, 5.74) is 5.30. The van der Waals surface area contributed by atoms with E-state index in [0.717, 1.165) is 16.4 Å². The molecular formula is C11H16N2O5S. The molecule has 7 nitrogen and oxygen atoms in total. The van der Waals surface area contributed by atoms with Gasteiger partial charge in [0.1, 0.15) is 0 Å². The number of sulfonamides is 1. The molecule has 1 atom stereocenters. The minimum absolute atomic E-state index is 0.147. The number of likely N-dealkylation sites (N-methyl/N-ethyl adjacent to an activating group) is 1. The van der Waals surface area contributed by atoms with Crippen LogP contribution in [0.5, 0.6) is 0 Å². The lowest BCUT2D eigenvalue weighted by Gasteiger charge is -2.23. The van der Waals surface area contributed by atoms with Crippen molar-refractivity contribution >= 4 is 21.7 Å². The van der Waals surface area contributed by atoms with E-state index < -0.39 is 22.0 Å². The maximum absolute atomic E-state index is 12.3. The van der Waals surface area contributed by atoms with E-state index in [0.29, 0.717) is 0 Å². The molecule has 0 bridgehead atoms. The molecule has 4 N–H and O–H groups in total. The van der Waals surface area contributed by atoms with E-state index in [1.807, 2.05) is 0 Å². The van der Waals surface area contributed by atoms with Crippen LogP contribution in [-0.2, 0) is 10.0 Å². The summed E-state index contributed by atoms with van der Waals surface area (Å²) in [6.45, 7) is 1.13. The fourth-order valence-corrected chi connectivity index (χ4v) is 3.01. The third-order valence-electron chi connectivity index (χ3n) is 2.78. The van der Waals surface area contributed by atoms with Crippen molar-refractivity contribution in [1.29, 1.82) is 0 Å². The van der Waals surface area contributed by atoms with Gasteiger partial charge in [-0.1, -0.05) is 0 Å². The highest BCUT2D eigenvalue weighted by molar-refractivity contribution is 7.89. The van der Waals surface area contributed by atoms with Gasteiger partial charge in [0.15, 0.2) is 0 Å². The highest BCUT2D eigenvalue weighted by atomic mass is 32.2. The van der Waals surface area contributed by atoms with Crippen LogP contribution in [0.15, 0.2) is 23.1 Å². The number of aliphatic hydroxyl groups is 1. The van der Waals surface area contributed by atoms with Gasteiger partial charge in [0.05, 0.1) is 17.1 Å². The molecule has 1 rings (SSSR count). The van der Waals surface area contributed by atoms with Crippen molar-refractivity contribution in [3.63, 3.8) is 0 Å². The monoisotopic (exact) mass is 288 g/mol. The molecule has 0 aliphatic rings. The van der Waals surface area contributed by atoms with Crippen LogP contribution in [0.3, 0.4) is 0 Å². The van der Waals surface area contributed by atoms with Gasteiger partial charge in [-0.05, 0) is 25.1 Å². The Labute approximate surface area is 111 Å². The van der Waals surface area contributed by atoms with E-state index in [9.17, 15) is 13.2 Å². The summed E-state index contributed by atoms with van der Waals surface area (Å²) in [5, 5.41) is 18.0. The number of aromatic carboxylic acids is 1. The largest absolute Gasteiger partial charge is 0.478 e. The fourth-order valence-electron chi connectivity index (χ4n) is 1.44. The minimum Gasteiger partial charge on any atom is -0.478 e. The number of hydrogen-bond acceptors (Lipinski definition) is 5. The van der Waals surface area contributed by atoms with Gasteiger partial charge in [-0.3, -0.25) is 0 Å². The van der Waals surface area contributed by atoms with Gasteiger partial charge in [-0.25, -0.2) is 13.2 Å². The van der Waals surface area contributed by atoms with Crippen LogP contribution >= 0.6 is 0 Å². The highest BCUT2D eigenvalue weighted by Crippen LogP contribution is 2.23. The zero-order valence-corrected chi connectivity index (χ0v) is 11.4. The van der Waals surface area contributed by atoms with Crippen LogP contribution < -0.4 is 5.73 Å². The molecule has 0 spiro atoms. The predicted octanol–water partition coefficient (Wildman–Crippen LogP) is -0.0317. The number of aliphatic hydroxyl groups excluding tert-OH is 1. The number of benzene rings is 1. The average molecular weight is 288 g/mol. The second kappa shape index (κ2) is 5.55. The minimum atomic E-state index is -4.04. The maximum Gasteiger partial charge on any atom is 0.337 e. The normalized spacial score (nSPS) is 13.5. The molecule has 0 aliphatic heterocycles. The number of carboxylic acids is 1. The lowest BCUT2D eigenvalue weighted by molar-refractivity contribution is 0.0692. The SMILES string of the molecule is CC(CO)N(C)S(=O)(=O)c1cc(N)ccc1C(=O)O. The smallest absolute Gasteiger partial charge is 0.337 e. The van der Waals surface area contributed by atoms with Gasteiger partial charge in [0.2, 0.25) is 10.0 Å². The lowest BCUT2D eigenvalue weighted by Crippen LogP contribution is -2.38. The van der Waals surface area contributed by atoms with Crippen LogP contribution in [0.4, 0.5) is 5.69 Å². The van der Waals surface area contributed by atoms with Crippen LogP contribution in [0.2, 0.25) is 0 Å². The van der Waals surface area contributed by atoms with Crippen molar-refractivity contribution in [2.24, 2.45) is 0 Å². The van der Waals surface area contributed by atoms with Crippen LogP contribution in [0.25, 0.3) is 0 Å². The first-order chi connectivity index (χ1) is 8.71. The number of carboxylic acid groups (broad SMARTS) is 1. The summed E-state index contributed by atoms with van der Waals surface area (Å²) >= 11 is 0. The summed E-state index contributed by atoms with van der Waals surface area (Å²) in [4.78, 5) is 10.7. The van der Waals surface area contributed by atoms with Crippen LogP contribution in [0.1, 0.15) is 17.3 Å². The van der Waals surface area contributed by atoms with Gasteiger partial charge in [-0.15, -0.1) is 0 Å². The van der Waals surface area contributed by atoms with E-state index in [1.165, 1.54) is 20.0 Å². The van der Waals surface area contributed by atoms with E-state index in [4.69, 9.17) is 15.9 Å². The molecule has 0 radical (unpaired) electrons. The number of rotatable bonds is 5. The molecule has 1 aromatic carbocycles. The molecule has 0 aliphatic carbocycles. The first kappa shape index (κ1) is 15.4. The third kappa shape index (κ3) is 3.03. The van der Waals surface area contributed by atoms with Crippen molar-refractivity contribution in [2.75, 3.05) is 19.4 Å². The van der Waals surface area contributed by atoms with E-state index in [-0.39, 0.29) is 22.8 Å². The van der Waals surface area contributed by atoms with Gasteiger partial charge >= 0.3 is 5.97 Å². The van der Waals surface area contributed by atoms with Crippen molar-refractivity contribution in [3.05, 3.63) is 23.8 Å². The molecular weight excluding hydrogens is 272 g/mol. The predicted molar refractivity (Wildman–Crippen MR) is 69.3 cm³/mol. The Morgan fingerprint density at radius 2 is 2.05 bits per heavy atom. The second-order valence-electron chi connectivity index (χ2n) is 4.11. The van der Waals surface area contributed by atoms with E-state index in [1.54, 1.807) is 0 Å². The molecule has 1 aromatic rings. The van der Waals surface area contributed by atoms with Gasteiger partial charge in [0, 0.05) is 18.8 Å². The molecule has 0 amide bonds. The van der Waals surface area contributed by atoms with Crippen molar-refractivity contribution in [1.82, 2.24) is 4.31 Å². The standard InChI is InChI=1S/C11H16N2O5S/c1-7(6-14)13(2)19(17,18)10-5-8(12)3-4-9(10)11(15)16/h3-5,7,14H,6,12H2,1-2H3,(H,15,16). The summed E-state index contributed by atoms with van der Waals surface area (Å²) in [6.07, 6.45) is 0. The molecule has 8 heteroatoms. The Kier molecular flexibility index (Phi) is 4.51. The van der Waals surface area contributed by atoms with Crippen molar-refractivity contribution < 1.29 is 23.4 Å². The van der Waals surface area contributed by atoms with Gasteiger partial charge in [0.25, 0.3) is 0 Å². The number of nitrogens with zero attached hydrogens (tertiary/aromatic N) is 1. The molecule has 19 heavy (non-hydrogen) atoms. The van der Waals surface area contributed by atoms with E-state index >= 15 is 0 Å². The summed E-state index contributed by atoms with van der Waals surface area (Å²) in [6, 6.07) is 2.88. The number of nitrogens with two attached hydrogens (primary N) is 1. The quantitative estimate of drug-likeness (QED) is 0.654. The fraction of sp³-hybridized carbons (Fsp3) is 0.364. The molecule has 1 unspecified atom stereocenters. The molecule has 0 heterocycles. The molecule has 0 saturated heterocycles. The summed E-state index contributed by atoms with van der Waals surface area (Å²) in [5.74, 6) is -1.36. The maximum atomic E-state index is 12.3. The average Bonchev–Trinajstić information content (AvgIpc) is 2.36. The van der Waals surface area contributed by atoms with Gasteiger partial charge in [-0.2, -0.15) is 4.31 Å². The summed E-state index contributed by atoms with van der Waals surface area (Å²) < 4.78 is 25.5. The topological polar surface area (TPSA) is 121 Å². The zero-order valence-electron chi connectivity index (χ0n) is 10.6. The van der Waals surface area contributed by atoms with Crippen LogP contribution in [0, 0.1) is 0 Å². The Balaban J connectivity index is 3.43. The van der Waals surface area contributed by atoms with E-state index in [2.05, 4.69) is 0 Å². The number of nitrogen functional groups attached to an aromatic ring is 1. The Morgan fingerprint density at radius 1 is 1.47 bits per heavy atom. The number of carbonyl (C=O) groups is 1. The zero-order chi connectivity index (χ0) is 14.8.